The third kappa shape index (κ3) is 5.54. The van der Waals surface area contributed by atoms with Gasteiger partial charge in [0.1, 0.15) is 0 Å². The first-order valence-electron chi connectivity index (χ1n) is 9.16. The Labute approximate surface area is 141 Å². The van der Waals surface area contributed by atoms with Crippen LogP contribution in [0.3, 0.4) is 0 Å². The van der Waals surface area contributed by atoms with E-state index in [9.17, 15) is 0 Å². The minimum absolute atomic E-state index is 0.259. The van der Waals surface area contributed by atoms with E-state index in [4.69, 9.17) is 0 Å². The van der Waals surface area contributed by atoms with E-state index >= 15 is 0 Å². The van der Waals surface area contributed by atoms with Crippen molar-refractivity contribution in [3.05, 3.63) is 41.5 Å². The monoisotopic (exact) mass is 318 g/mol. The molecule has 0 nitrogen and oxygen atoms in total. The largest absolute Gasteiger partial charge is 0.126 e. The summed E-state index contributed by atoms with van der Waals surface area (Å²) in [6.45, 7) is 10.8. The third-order valence-electron chi connectivity index (χ3n) is 4.65. The molecule has 1 rings (SSSR count). The highest BCUT2D eigenvalue weighted by Crippen LogP contribution is 2.43. The van der Waals surface area contributed by atoms with Gasteiger partial charge in [0.05, 0.1) is 0 Å². The first-order valence-corrected chi connectivity index (χ1v) is 9.73. The van der Waals surface area contributed by atoms with E-state index in [0.717, 1.165) is 0 Å². The molecule has 0 spiro atoms. The van der Waals surface area contributed by atoms with Gasteiger partial charge in [0.25, 0.3) is 0 Å². The Morgan fingerprint density at radius 1 is 1.00 bits per heavy atom. The van der Waals surface area contributed by atoms with Gasteiger partial charge in [-0.25, -0.2) is 0 Å². The fraction of sp³-hybridized carbons (Fsp3) is 0.619. The molecule has 1 heteroatoms. The number of aryl methyl sites for hydroxylation is 1. The van der Waals surface area contributed by atoms with Gasteiger partial charge in [-0.15, -0.1) is 9.24 Å². The van der Waals surface area contributed by atoms with Gasteiger partial charge in [-0.05, 0) is 42.4 Å². The molecule has 124 valence electrons. The van der Waals surface area contributed by atoms with Crippen LogP contribution in [0.4, 0.5) is 0 Å². The van der Waals surface area contributed by atoms with Gasteiger partial charge < -0.3 is 0 Å². The summed E-state index contributed by atoms with van der Waals surface area (Å²) in [6, 6.07) is 6.99. The molecule has 1 aromatic rings. The Balaban J connectivity index is 3.16. The van der Waals surface area contributed by atoms with E-state index in [0.29, 0.717) is 0 Å². The maximum Gasteiger partial charge on any atom is 0.0100 e. The van der Waals surface area contributed by atoms with Gasteiger partial charge in [-0.3, -0.25) is 0 Å². The summed E-state index contributed by atoms with van der Waals surface area (Å²) < 4.78 is 0. The van der Waals surface area contributed by atoms with E-state index in [-0.39, 0.29) is 5.16 Å². The number of rotatable bonds is 11. The van der Waals surface area contributed by atoms with Crippen molar-refractivity contribution in [3.63, 3.8) is 0 Å². The molecule has 1 unspecified atom stereocenters. The van der Waals surface area contributed by atoms with Crippen molar-refractivity contribution < 1.29 is 0 Å². The second-order valence-electron chi connectivity index (χ2n) is 6.59. The molecule has 0 aliphatic carbocycles. The highest BCUT2D eigenvalue weighted by atomic mass is 31.0. The molecular weight excluding hydrogens is 283 g/mol. The van der Waals surface area contributed by atoms with Crippen molar-refractivity contribution in [1.29, 1.82) is 0 Å². The second kappa shape index (κ2) is 10.2. The normalized spacial score (nSPS) is 11.6. The molecule has 0 aromatic heterocycles. The Kier molecular flexibility index (Phi) is 9.03. The smallest absolute Gasteiger partial charge is 0.0100 e. The summed E-state index contributed by atoms with van der Waals surface area (Å²) in [5, 5.41) is 0.259. The van der Waals surface area contributed by atoms with Gasteiger partial charge in [0.15, 0.2) is 0 Å². The van der Waals surface area contributed by atoms with E-state index < -0.39 is 0 Å². The highest BCUT2D eigenvalue weighted by Gasteiger charge is 2.28. The summed E-state index contributed by atoms with van der Waals surface area (Å²) >= 11 is 0. The maximum absolute atomic E-state index is 3.94. The molecule has 0 saturated heterocycles. The molecule has 0 bridgehead atoms. The van der Waals surface area contributed by atoms with Crippen LogP contribution in [0.1, 0.15) is 88.8 Å². The SMILES string of the molecule is C=Cc1ccc(C(P)(CCCC)CCCC)c(CCCC)c1. The lowest BCUT2D eigenvalue weighted by Crippen LogP contribution is -2.20. The summed E-state index contributed by atoms with van der Waals surface area (Å²) in [5.41, 5.74) is 4.37. The molecule has 0 fully saturated rings. The van der Waals surface area contributed by atoms with Gasteiger partial charge in [-0.1, -0.05) is 83.7 Å². The maximum atomic E-state index is 3.94. The van der Waals surface area contributed by atoms with Gasteiger partial charge in [0, 0.05) is 5.16 Å². The molecule has 0 aliphatic heterocycles. The Morgan fingerprint density at radius 2 is 1.59 bits per heavy atom. The summed E-state index contributed by atoms with van der Waals surface area (Å²) in [4.78, 5) is 0. The minimum Gasteiger partial charge on any atom is -0.126 e. The number of benzene rings is 1. The number of hydrogen-bond acceptors (Lipinski definition) is 0. The first kappa shape index (κ1) is 19.4. The van der Waals surface area contributed by atoms with Crippen LogP contribution in [-0.2, 0) is 11.6 Å². The Hall–Kier alpha value is -0.610. The van der Waals surface area contributed by atoms with Crippen LogP contribution in [0.25, 0.3) is 6.08 Å². The van der Waals surface area contributed by atoms with Crippen molar-refractivity contribution in [2.45, 2.75) is 83.7 Å². The van der Waals surface area contributed by atoms with Crippen LogP contribution < -0.4 is 0 Å². The molecule has 0 radical (unpaired) electrons. The van der Waals surface area contributed by atoms with Crippen LogP contribution in [0.15, 0.2) is 24.8 Å². The summed E-state index contributed by atoms with van der Waals surface area (Å²) in [7, 11) is 3.24. The lowest BCUT2D eigenvalue weighted by Gasteiger charge is -2.33. The number of hydrogen-bond donors (Lipinski definition) is 0. The molecule has 0 amide bonds. The molecule has 22 heavy (non-hydrogen) atoms. The predicted molar refractivity (Wildman–Crippen MR) is 106 cm³/mol. The highest BCUT2D eigenvalue weighted by molar-refractivity contribution is 7.18. The zero-order valence-corrected chi connectivity index (χ0v) is 16.1. The van der Waals surface area contributed by atoms with Crippen LogP contribution in [-0.4, -0.2) is 0 Å². The van der Waals surface area contributed by atoms with Crippen LogP contribution >= 0.6 is 9.24 Å². The lowest BCUT2D eigenvalue weighted by atomic mass is 9.83. The van der Waals surface area contributed by atoms with E-state index in [1.54, 1.807) is 11.1 Å². The fourth-order valence-electron chi connectivity index (χ4n) is 3.18. The molecular formula is C21H35P. The minimum atomic E-state index is 0.259. The van der Waals surface area contributed by atoms with Crippen LogP contribution in [0.2, 0.25) is 0 Å². The predicted octanol–water partition coefficient (Wildman–Crippen LogP) is 7.12. The van der Waals surface area contributed by atoms with Gasteiger partial charge in [-0.2, -0.15) is 0 Å². The Morgan fingerprint density at radius 3 is 2.09 bits per heavy atom. The lowest BCUT2D eigenvalue weighted by molar-refractivity contribution is 0.476. The molecule has 0 saturated carbocycles. The first-order chi connectivity index (χ1) is 10.6. The molecule has 1 atom stereocenters. The quantitative estimate of drug-likeness (QED) is 0.381. The van der Waals surface area contributed by atoms with Gasteiger partial charge >= 0.3 is 0 Å². The van der Waals surface area contributed by atoms with E-state index in [1.807, 2.05) is 6.08 Å². The third-order valence-corrected chi connectivity index (χ3v) is 5.54. The second-order valence-corrected chi connectivity index (χ2v) is 7.69. The topological polar surface area (TPSA) is 0 Å². The van der Waals surface area contributed by atoms with Crippen molar-refractivity contribution in [2.75, 3.05) is 0 Å². The summed E-state index contributed by atoms with van der Waals surface area (Å²) in [6.07, 6.45) is 13.4. The van der Waals surface area contributed by atoms with Crippen molar-refractivity contribution in [3.8, 4) is 0 Å². The molecule has 0 heterocycles. The van der Waals surface area contributed by atoms with Crippen molar-refractivity contribution >= 4 is 15.3 Å². The Bertz CT molecular complexity index is 439. The van der Waals surface area contributed by atoms with Crippen LogP contribution in [0.5, 0.6) is 0 Å². The summed E-state index contributed by atoms with van der Waals surface area (Å²) in [5.74, 6) is 0. The zero-order chi connectivity index (χ0) is 16.4. The average molecular weight is 318 g/mol. The number of unbranched alkanes of at least 4 members (excludes halogenated alkanes) is 3. The van der Waals surface area contributed by atoms with Crippen molar-refractivity contribution in [2.24, 2.45) is 0 Å². The van der Waals surface area contributed by atoms with Gasteiger partial charge in [0.2, 0.25) is 0 Å². The van der Waals surface area contributed by atoms with E-state index in [2.05, 4.69) is 54.8 Å². The van der Waals surface area contributed by atoms with Crippen LogP contribution in [0, 0.1) is 0 Å². The average Bonchev–Trinajstić information content (AvgIpc) is 2.56. The fourth-order valence-corrected chi connectivity index (χ4v) is 3.87. The molecule has 0 aliphatic rings. The van der Waals surface area contributed by atoms with Crippen molar-refractivity contribution in [1.82, 2.24) is 0 Å². The molecule has 1 aromatic carbocycles. The standard InChI is InChI=1S/C21H35P/c1-5-9-12-19-17-18(8-4)13-14-20(19)21(22,15-10-6-2)16-11-7-3/h8,13-14,17H,4-7,9-12,15-16,22H2,1-3H3. The van der Waals surface area contributed by atoms with E-state index in [1.165, 1.54) is 63.4 Å². The molecule has 0 N–H and O–H groups in total. The zero-order valence-electron chi connectivity index (χ0n) is 15.0.